The quantitative estimate of drug-likeness (QED) is 0.668. The Morgan fingerprint density at radius 1 is 1.00 bits per heavy atom. The summed E-state index contributed by atoms with van der Waals surface area (Å²) in [4.78, 5) is 30.9. The van der Waals surface area contributed by atoms with Crippen molar-refractivity contribution in [1.29, 1.82) is 0 Å². The fraction of sp³-hybridized carbons (Fsp3) is 0.227. The molecule has 2 N–H and O–H groups in total. The van der Waals surface area contributed by atoms with Gasteiger partial charge in [-0.25, -0.2) is 4.98 Å². The number of nitrogens with zero attached hydrogens (tertiary/aromatic N) is 1. The minimum absolute atomic E-state index is 0.114. The minimum atomic E-state index is -0.341. The number of hydrogen-bond acceptors (Lipinski definition) is 6. The number of hydrogen-bond donors (Lipinski definition) is 2. The molecule has 1 aromatic heterocycles. The van der Waals surface area contributed by atoms with Crippen molar-refractivity contribution >= 4 is 34.0 Å². The summed E-state index contributed by atoms with van der Waals surface area (Å²) >= 11 is 1.43. The number of carbonyl (C=O) groups is 2. The molecule has 1 atom stereocenters. The van der Waals surface area contributed by atoms with Crippen LogP contribution in [0.3, 0.4) is 0 Å². The van der Waals surface area contributed by atoms with Gasteiger partial charge in [0.1, 0.15) is 13.2 Å². The van der Waals surface area contributed by atoms with Crippen molar-refractivity contribution in [1.82, 2.24) is 4.98 Å². The van der Waals surface area contributed by atoms with E-state index in [1.54, 1.807) is 30.3 Å². The Bertz CT molecular complexity index is 1110. The van der Waals surface area contributed by atoms with Gasteiger partial charge in [0.15, 0.2) is 16.6 Å². The summed E-state index contributed by atoms with van der Waals surface area (Å²) < 4.78 is 11.1. The molecule has 2 heterocycles. The van der Waals surface area contributed by atoms with Crippen LogP contribution < -0.4 is 20.1 Å². The summed E-state index contributed by atoms with van der Waals surface area (Å²) in [6, 6.07) is 14.4. The van der Waals surface area contributed by atoms with E-state index < -0.39 is 0 Å². The zero-order valence-electron chi connectivity index (χ0n) is 16.0. The first-order valence-corrected chi connectivity index (χ1v) is 10.6. The summed E-state index contributed by atoms with van der Waals surface area (Å²) in [6.45, 7) is 1.02. The van der Waals surface area contributed by atoms with Gasteiger partial charge in [-0.3, -0.25) is 14.9 Å². The van der Waals surface area contributed by atoms with Gasteiger partial charge in [0.2, 0.25) is 5.91 Å². The van der Waals surface area contributed by atoms with Gasteiger partial charge in [0.25, 0.3) is 5.91 Å². The van der Waals surface area contributed by atoms with Crippen LogP contribution in [0.15, 0.2) is 48.5 Å². The Labute approximate surface area is 177 Å². The number of nitrogens with one attached hydrogen (secondary N) is 2. The number of fused-ring (bicyclic) bond motifs is 2. The molecule has 0 bridgehead atoms. The Kier molecular flexibility index (Phi) is 4.84. The van der Waals surface area contributed by atoms with Crippen LogP contribution >= 0.6 is 11.3 Å². The molecule has 0 radical (unpaired) electrons. The number of ether oxygens (including phenoxy) is 2. The van der Waals surface area contributed by atoms with Crippen LogP contribution in [0.5, 0.6) is 11.5 Å². The van der Waals surface area contributed by atoms with Gasteiger partial charge in [-0.2, -0.15) is 0 Å². The molecule has 1 aliphatic heterocycles. The first kappa shape index (κ1) is 18.6. The normalized spacial score (nSPS) is 16.6. The van der Waals surface area contributed by atoms with Crippen LogP contribution in [0.4, 0.5) is 10.8 Å². The van der Waals surface area contributed by atoms with Crippen LogP contribution in [0.2, 0.25) is 0 Å². The molecular formula is C22H19N3O4S. The molecule has 0 saturated carbocycles. The van der Waals surface area contributed by atoms with Crippen molar-refractivity contribution in [2.45, 2.75) is 18.8 Å². The lowest BCUT2D eigenvalue weighted by atomic mass is 10.1. The van der Waals surface area contributed by atoms with Gasteiger partial charge < -0.3 is 14.8 Å². The maximum atomic E-state index is 12.9. The Morgan fingerprint density at radius 3 is 2.63 bits per heavy atom. The van der Waals surface area contributed by atoms with Gasteiger partial charge in [-0.05, 0) is 37.1 Å². The van der Waals surface area contributed by atoms with Crippen molar-refractivity contribution in [2.24, 2.45) is 0 Å². The smallest absolute Gasteiger partial charge is 0.257 e. The van der Waals surface area contributed by atoms with Crippen molar-refractivity contribution in [3.63, 3.8) is 0 Å². The largest absolute Gasteiger partial charge is 0.486 e. The lowest BCUT2D eigenvalue weighted by molar-refractivity contribution is -0.117. The maximum absolute atomic E-state index is 12.9. The van der Waals surface area contributed by atoms with E-state index in [1.165, 1.54) is 11.3 Å². The molecule has 0 spiro atoms. The zero-order chi connectivity index (χ0) is 20.5. The first-order valence-electron chi connectivity index (χ1n) is 9.74. The maximum Gasteiger partial charge on any atom is 0.257 e. The predicted molar refractivity (Wildman–Crippen MR) is 114 cm³/mol. The average molecular weight is 421 g/mol. The van der Waals surface area contributed by atoms with Gasteiger partial charge in [0, 0.05) is 22.2 Å². The molecule has 2 amide bonds. The highest BCUT2D eigenvalue weighted by atomic mass is 32.1. The van der Waals surface area contributed by atoms with Crippen LogP contribution in [0.1, 0.15) is 33.3 Å². The Balaban J connectivity index is 1.29. The summed E-state index contributed by atoms with van der Waals surface area (Å²) in [7, 11) is 0. The molecule has 152 valence electrons. The second kappa shape index (κ2) is 7.79. The van der Waals surface area contributed by atoms with Gasteiger partial charge >= 0.3 is 0 Å². The number of rotatable bonds is 4. The van der Waals surface area contributed by atoms with E-state index in [1.807, 2.05) is 18.2 Å². The van der Waals surface area contributed by atoms with E-state index >= 15 is 0 Å². The molecule has 30 heavy (non-hydrogen) atoms. The number of benzene rings is 2. The predicted octanol–water partition coefficient (Wildman–Crippen LogP) is 3.84. The number of aromatic nitrogens is 1. The summed E-state index contributed by atoms with van der Waals surface area (Å²) in [5.41, 5.74) is 1.98. The van der Waals surface area contributed by atoms with Gasteiger partial charge in [-0.1, -0.05) is 18.2 Å². The van der Waals surface area contributed by atoms with Crippen molar-refractivity contribution in [2.75, 3.05) is 23.8 Å². The summed E-state index contributed by atoms with van der Waals surface area (Å²) in [5.74, 6) is 0.648. The fourth-order valence-electron chi connectivity index (χ4n) is 3.65. The fourth-order valence-corrected chi connectivity index (χ4v) is 4.68. The highest BCUT2D eigenvalue weighted by molar-refractivity contribution is 7.16. The molecule has 3 aromatic rings. The Hall–Kier alpha value is -3.39. The van der Waals surface area contributed by atoms with E-state index in [4.69, 9.17) is 9.47 Å². The highest BCUT2D eigenvalue weighted by Gasteiger charge is 2.33. The first-order chi connectivity index (χ1) is 14.7. The third-order valence-corrected chi connectivity index (χ3v) is 6.15. The van der Waals surface area contributed by atoms with E-state index in [0.29, 0.717) is 47.5 Å². The van der Waals surface area contributed by atoms with Gasteiger partial charge in [0.05, 0.1) is 11.6 Å². The molecule has 5 rings (SSSR count). The van der Waals surface area contributed by atoms with Crippen LogP contribution in [-0.4, -0.2) is 30.0 Å². The van der Waals surface area contributed by atoms with E-state index in [9.17, 15) is 9.59 Å². The molecule has 2 aromatic carbocycles. The van der Waals surface area contributed by atoms with E-state index in [0.717, 1.165) is 17.0 Å². The monoisotopic (exact) mass is 421 g/mol. The SMILES string of the molecule is O=C(Nc1nc2c(s1)CC[C@H]2C(=O)Nc1ccc2c(c1)OCCO2)c1ccccc1. The van der Waals surface area contributed by atoms with Crippen LogP contribution in [0.25, 0.3) is 0 Å². The topological polar surface area (TPSA) is 89.6 Å². The third-order valence-electron chi connectivity index (χ3n) is 5.10. The lowest BCUT2D eigenvalue weighted by Crippen LogP contribution is -2.20. The van der Waals surface area contributed by atoms with E-state index in [2.05, 4.69) is 15.6 Å². The molecular weight excluding hydrogens is 402 g/mol. The second-order valence-corrected chi connectivity index (χ2v) is 8.17. The van der Waals surface area contributed by atoms with Crippen LogP contribution in [0, 0.1) is 0 Å². The number of carbonyl (C=O) groups excluding carboxylic acids is 2. The van der Waals surface area contributed by atoms with Crippen molar-refractivity contribution in [3.05, 3.63) is 64.7 Å². The molecule has 2 aliphatic rings. The van der Waals surface area contributed by atoms with Crippen molar-refractivity contribution in [3.8, 4) is 11.5 Å². The summed E-state index contributed by atoms with van der Waals surface area (Å²) in [6.07, 6.45) is 1.48. The van der Waals surface area contributed by atoms with Gasteiger partial charge in [-0.15, -0.1) is 11.3 Å². The van der Waals surface area contributed by atoms with Crippen LogP contribution in [-0.2, 0) is 11.2 Å². The average Bonchev–Trinajstić information content (AvgIpc) is 3.34. The standard InChI is InChI=1S/C22H19N3O4S/c26-20(13-4-2-1-3-5-13)25-22-24-19-15(7-9-18(19)30-22)21(27)23-14-6-8-16-17(12-14)29-11-10-28-16/h1-6,8,12,15H,7,9-11H2,(H,23,27)(H,24,25,26)/t15-/m1/s1. The minimum Gasteiger partial charge on any atom is -0.486 e. The molecule has 8 heteroatoms. The third kappa shape index (κ3) is 3.61. The molecule has 7 nitrogen and oxygen atoms in total. The molecule has 0 unspecified atom stereocenters. The lowest BCUT2D eigenvalue weighted by Gasteiger charge is -2.19. The van der Waals surface area contributed by atoms with E-state index in [-0.39, 0.29) is 17.7 Å². The second-order valence-electron chi connectivity index (χ2n) is 7.09. The van der Waals surface area contributed by atoms with Crippen molar-refractivity contribution < 1.29 is 19.1 Å². The number of amides is 2. The summed E-state index contributed by atoms with van der Waals surface area (Å²) in [5, 5.41) is 6.31. The zero-order valence-corrected chi connectivity index (χ0v) is 16.8. The molecule has 0 fully saturated rings. The number of anilines is 2. The highest BCUT2D eigenvalue weighted by Crippen LogP contribution is 2.39. The number of thiazole rings is 1. The Morgan fingerprint density at radius 2 is 1.80 bits per heavy atom. The molecule has 0 saturated heterocycles. The molecule has 1 aliphatic carbocycles. The number of aryl methyl sites for hydroxylation is 1.